The molecule has 0 aliphatic heterocycles. The molecule has 0 saturated heterocycles. The van der Waals surface area contributed by atoms with Crippen LogP contribution in [0.1, 0.15) is 56.6 Å². The number of carboxylic acid groups (broad SMARTS) is 1. The monoisotopic (exact) mass is 395 g/mol. The van der Waals surface area contributed by atoms with Crippen molar-refractivity contribution < 1.29 is 19.4 Å². The number of amides is 1. The quantitative estimate of drug-likeness (QED) is 0.612. The van der Waals surface area contributed by atoms with E-state index in [0.29, 0.717) is 12.8 Å². The van der Waals surface area contributed by atoms with Gasteiger partial charge in [0.05, 0.1) is 5.41 Å². The first-order valence-electron chi connectivity index (χ1n) is 10.3. The molecule has 0 unspecified atom stereocenters. The van der Waals surface area contributed by atoms with Crippen molar-refractivity contribution in [3.05, 3.63) is 59.7 Å². The first-order valence-corrected chi connectivity index (χ1v) is 10.3. The number of nitrogens with one attached hydrogen (secondary N) is 1. The highest BCUT2D eigenvalue weighted by Crippen LogP contribution is 2.44. The van der Waals surface area contributed by atoms with Gasteiger partial charge in [-0.2, -0.15) is 0 Å². The molecule has 2 aromatic carbocycles. The minimum atomic E-state index is -0.935. The highest BCUT2D eigenvalue weighted by molar-refractivity contribution is 5.79. The number of ether oxygens (including phenoxy) is 1. The molecule has 5 nitrogen and oxygen atoms in total. The maximum Gasteiger partial charge on any atom is 0.407 e. The third-order valence-corrected chi connectivity index (χ3v) is 5.83. The Kier molecular flexibility index (Phi) is 6.57. The third kappa shape index (κ3) is 4.29. The number of carbonyl (C=O) groups is 2. The van der Waals surface area contributed by atoms with Crippen LogP contribution in [-0.2, 0) is 9.53 Å². The number of rotatable bonds is 9. The average Bonchev–Trinajstić information content (AvgIpc) is 3.04. The number of carboxylic acids is 1. The van der Waals surface area contributed by atoms with Gasteiger partial charge in [0.25, 0.3) is 0 Å². The Balaban J connectivity index is 1.66. The van der Waals surface area contributed by atoms with Crippen LogP contribution in [0.3, 0.4) is 0 Å². The summed E-state index contributed by atoms with van der Waals surface area (Å²) in [6.07, 6.45) is 1.99. The molecule has 1 amide bonds. The van der Waals surface area contributed by atoms with Gasteiger partial charge in [-0.15, -0.1) is 0 Å². The van der Waals surface area contributed by atoms with Gasteiger partial charge in [-0.25, -0.2) is 4.79 Å². The molecule has 0 radical (unpaired) electrons. The summed E-state index contributed by atoms with van der Waals surface area (Å²) in [5.74, 6) is -0.871. The van der Waals surface area contributed by atoms with Gasteiger partial charge in [0, 0.05) is 12.5 Å². The second-order valence-corrected chi connectivity index (χ2v) is 7.76. The van der Waals surface area contributed by atoms with E-state index in [9.17, 15) is 14.7 Å². The fourth-order valence-corrected chi connectivity index (χ4v) is 4.44. The lowest BCUT2D eigenvalue weighted by atomic mass is 9.79. The van der Waals surface area contributed by atoms with Crippen molar-refractivity contribution in [2.75, 3.05) is 13.2 Å². The van der Waals surface area contributed by atoms with Gasteiger partial charge in [0.2, 0.25) is 0 Å². The number of benzene rings is 2. The maximum absolute atomic E-state index is 12.4. The topological polar surface area (TPSA) is 75.6 Å². The fraction of sp³-hybridized carbons (Fsp3) is 0.417. The number of hydrogen-bond acceptors (Lipinski definition) is 3. The van der Waals surface area contributed by atoms with Crippen LogP contribution in [0, 0.1) is 5.41 Å². The van der Waals surface area contributed by atoms with Gasteiger partial charge in [-0.05, 0) is 35.1 Å². The Bertz CT molecular complexity index is 825. The Morgan fingerprint density at radius 2 is 1.48 bits per heavy atom. The molecule has 2 aromatic rings. The van der Waals surface area contributed by atoms with Gasteiger partial charge in [0.15, 0.2) is 0 Å². The van der Waals surface area contributed by atoms with Crippen molar-refractivity contribution in [1.29, 1.82) is 0 Å². The summed E-state index contributed by atoms with van der Waals surface area (Å²) in [7, 11) is 0. The lowest BCUT2D eigenvalue weighted by Crippen LogP contribution is -2.43. The average molecular weight is 395 g/mol. The highest BCUT2D eigenvalue weighted by Gasteiger charge is 2.37. The molecular weight excluding hydrogens is 366 g/mol. The smallest absolute Gasteiger partial charge is 0.407 e. The van der Waals surface area contributed by atoms with E-state index in [-0.39, 0.29) is 19.1 Å². The molecule has 0 heterocycles. The van der Waals surface area contributed by atoms with E-state index < -0.39 is 17.5 Å². The van der Waals surface area contributed by atoms with Crippen LogP contribution >= 0.6 is 0 Å². The van der Waals surface area contributed by atoms with E-state index in [1.54, 1.807) is 0 Å². The Morgan fingerprint density at radius 1 is 0.966 bits per heavy atom. The van der Waals surface area contributed by atoms with Crippen LogP contribution in [0.4, 0.5) is 4.79 Å². The molecule has 1 aliphatic carbocycles. The zero-order valence-electron chi connectivity index (χ0n) is 17.1. The Labute approximate surface area is 172 Å². The minimum absolute atomic E-state index is 0.0105. The third-order valence-electron chi connectivity index (χ3n) is 5.83. The van der Waals surface area contributed by atoms with E-state index in [4.69, 9.17) is 4.74 Å². The Morgan fingerprint density at radius 3 is 1.97 bits per heavy atom. The van der Waals surface area contributed by atoms with E-state index in [0.717, 1.165) is 24.0 Å². The summed E-state index contributed by atoms with van der Waals surface area (Å²) in [5, 5.41) is 12.4. The summed E-state index contributed by atoms with van der Waals surface area (Å²) in [5.41, 5.74) is 3.72. The molecule has 0 bridgehead atoms. The maximum atomic E-state index is 12.4. The molecule has 0 atom stereocenters. The summed E-state index contributed by atoms with van der Waals surface area (Å²) < 4.78 is 5.53. The van der Waals surface area contributed by atoms with Crippen LogP contribution in [0.15, 0.2) is 48.5 Å². The van der Waals surface area contributed by atoms with E-state index >= 15 is 0 Å². The number of aliphatic carboxylic acids is 1. The summed E-state index contributed by atoms with van der Waals surface area (Å²) in [6.45, 7) is 4.23. The molecule has 1 aliphatic rings. The first-order chi connectivity index (χ1) is 14.0. The minimum Gasteiger partial charge on any atom is -0.481 e. The van der Waals surface area contributed by atoms with Gasteiger partial charge < -0.3 is 15.2 Å². The molecular formula is C24H29NO4. The molecule has 154 valence electrons. The van der Waals surface area contributed by atoms with Crippen molar-refractivity contribution in [3.8, 4) is 11.1 Å². The zero-order valence-corrected chi connectivity index (χ0v) is 17.1. The van der Waals surface area contributed by atoms with Gasteiger partial charge in [-0.1, -0.05) is 75.2 Å². The van der Waals surface area contributed by atoms with E-state index in [1.807, 2.05) is 38.1 Å². The largest absolute Gasteiger partial charge is 0.481 e. The molecule has 0 spiro atoms. The number of carbonyl (C=O) groups excluding carboxylic acids is 1. The number of hydrogen-bond donors (Lipinski definition) is 2. The van der Waals surface area contributed by atoms with Crippen molar-refractivity contribution in [2.24, 2.45) is 5.41 Å². The van der Waals surface area contributed by atoms with Gasteiger partial charge >= 0.3 is 12.1 Å². The normalized spacial score (nSPS) is 12.9. The highest BCUT2D eigenvalue weighted by atomic mass is 16.5. The van der Waals surface area contributed by atoms with Crippen LogP contribution < -0.4 is 5.32 Å². The van der Waals surface area contributed by atoms with Crippen molar-refractivity contribution >= 4 is 12.1 Å². The van der Waals surface area contributed by atoms with Gasteiger partial charge in [-0.3, -0.25) is 4.79 Å². The molecule has 0 fully saturated rings. The Hall–Kier alpha value is -2.82. The fourth-order valence-electron chi connectivity index (χ4n) is 4.44. The van der Waals surface area contributed by atoms with Gasteiger partial charge in [0.1, 0.15) is 6.61 Å². The lowest BCUT2D eigenvalue weighted by Gasteiger charge is -2.29. The second-order valence-electron chi connectivity index (χ2n) is 7.76. The van der Waals surface area contributed by atoms with E-state index in [1.165, 1.54) is 11.1 Å². The van der Waals surface area contributed by atoms with Crippen LogP contribution in [0.2, 0.25) is 0 Å². The van der Waals surface area contributed by atoms with Crippen molar-refractivity contribution in [3.63, 3.8) is 0 Å². The molecule has 0 aromatic heterocycles. The molecule has 3 rings (SSSR count). The van der Waals surface area contributed by atoms with Crippen LogP contribution in [-0.4, -0.2) is 30.3 Å². The molecule has 0 saturated carbocycles. The zero-order chi connectivity index (χ0) is 20.9. The van der Waals surface area contributed by atoms with Crippen LogP contribution in [0.25, 0.3) is 11.1 Å². The second kappa shape index (κ2) is 9.12. The van der Waals surface area contributed by atoms with Crippen LogP contribution in [0.5, 0.6) is 0 Å². The molecule has 5 heteroatoms. The predicted octanol–water partition coefficient (Wildman–Crippen LogP) is 5.20. The summed E-state index contributed by atoms with van der Waals surface area (Å²) in [6, 6.07) is 16.3. The predicted molar refractivity (Wildman–Crippen MR) is 113 cm³/mol. The van der Waals surface area contributed by atoms with E-state index in [2.05, 4.69) is 29.6 Å². The number of alkyl carbamates (subject to hydrolysis) is 1. The SMILES string of the molecule is CCCC(CCC)(CNC(=O)OCC1c2ccccc2-c2ccccc21)C(=O)O. The standard InChI is InChI=1S/C24H29NO4/c1-3-13-24(14-4-2,22(26)27)16-25-23(28)29-15-21-19-11-7-5-9-17(19)18-10-6-8-12-20(18)21/h5-12,21H,3-4,13-16H2,1-2H3,(H,25,28)(H,26,27). The summed E-state index contributed by atoms with van der Waals surface area (Å²) >= 11 is 0. The van der Waals surface area contributed by atoms with Crippen molar-refractivity contribution in [1.82, 2.24) is 5.32 Å². The first kappa shape index (κ1) is 20.9. The molecule has 29 heavy (non-hydrogen) atoms. The van der Waals surface area contributed by atoms with Crippen molar-refractivity contribution in [2.45, 2.75) is 45.4 Å². The summed E-state index contributed by atoms with van der Waals surface area (Å²) in [4.78, 5) is 24.2. The number of fused-ring (bicyclic) bond motifs is 3. The lowest BCUT2D eigenvalue weighted by molar-refractivity contribution is -0.149. The molecule has 2 N–H and O–H groups in total.